The first-order valence-electron chi connectivity index (χ1n) is 16.6. The fraction of sp³-hybridized carbons (Fsp3) is 0.100. The highest BCUT2D eigenvalue weighted by Gasteiger charge is 2.29. The van der Waals surface area contributed by atoms with Gasteiger partial charge < -0.3 is 39.3 Å². The van der Waals surface area contributed by atoms with Gasteiger partial charge in [-0.05, 0) is 103 Å². The molecule has 0 atom stereocenters. The monoisotopic (exact) mass is 806 g/mol. The van der Waals surface area contributed by atoms with Crippen LogP contribution in [0.5, 0.6) is 5.75 Å². The molecule has 1 nitrogen and oxygen atoms in total. The Balaban J connectivity index is 0.000000235. The Bertz CT molecular complexity index is 1770. The molecular weight excluding hydrogens is 770 g/mol. The molecule has 0 aromatic heterocycles. The van der Waals surface area contributed by atoms with Crippen molar-refractivity contribution in [3.63, 3.8) is 0 Å². The van der Waals surface area contributed by atoms with Crippen molar-refractivity contribution in [2.24, 2.45) is 0 Å². The molecule has 0 aliphatic rings. The summed E-state index contributed by atoms with van der Waals surface area (Å²) in [6.45, 7) is 2.97. The fourth-order valence-electron chi connectivity index (χ4n) is 4.62. The average molecular weight is 807 g/mol. The minimum absolute atomic E-state index is 0.0815. The van der Waals surface area contributed by atoms with Crippen molar-refractivity contribution in [3.05, 3.63) is 175 Å². The minimum Gasteiger partial charge on any atom is -0.494 e. The third kappa shape index (κ3) is 17.7. The van der Waals surface area contributed by atoms with Gasteiger partial charge in [-0.1, -0.05) is 97.7 Å². The predicted octanol–water partition coefficient (Wildman–Crippen LogP) is 14.0. The lowest BCUT2D eigenvalue weighted by Crippen LogP contribution is -2.04. The van der Waals surface area contributed by atoms with Gasteiger partial charge in [-0.3, -0.25) is 0 Å². The van der Waals surface area contributed by atoms with Crippen LogP contribution in [0, 0.1) is 0 Å². The quantitative estimate of drug-likeness (QED) is 0.0580. The van der Waals surface area contributed by atoms with Crippen molar-refractivity contribution in [2.45, 2.75) is 49.1 Å². The summed E-state index contributed by atoms with van der Waals surface area (Å²) < 4.78 is 83.8. The molecule has 0 amide bonds. The first-order valence-corrected chi connectivity index (χ1v) is 19.5. The number of rotatable bonds is 10. The van der Waals surface area contributed by atoms with E-state index in [0.29, 0.717) is 0 Å². The molecule has 54 heavy (non-hydrogen) atoms. The van der Waals surface area contributed by atoms with Crippen LogP contribution in [0.1, 0.15) is 19.8 Å². The van der Waals surface area contributed by atoms with Gasteiger partial charge in [0.15, 0.2) is 29.4 Å². The van der Waals surface area contributed by atoms with Crippen LogP contribution in [0.3, 0.4) is 0 Å². The molecule has 0 fully saturated rings. The lowest BCUT2D eigenvalue weighted by atomic mass is 10.3. The number of halogens is 9. The average Bonchev–Trinajstić information content (AvgIpc) is 3.14. The van der Waals surface area contributed by atoms with E-state index in [2.05, 4.69) is 165 Å². The lowest BCUT2D eigenvalue weighted by Gasteiger charge is -2.09. The highest BCUT2D eigenvalue weighted by atomic mass is 35.5. The summed E-state index contributed by atoms with van der Waals surface area (Å²) in [5, 5.41) is 0.776. The van der Waals surface area contributed by atoms with Crippen molar-refractivity contribution >= 4 is 47.9 Å². The fourth-order valence-corrected chi connectivity index (χ4v) is 8.91. The van der Waals surface area contributed by atoms with Crippen LogP contribution < -0.4 is 4.74 Å². The molecule has 0 aliphatic heterocycles. The zero-order chi connectivity index (χ0) is 39.4. The third-order valence-electron chi connectivity index (χ3n) is 6.79. The molecule has 284 valence electrons. The predicted molar refractivity (Wildman–Crippen MR) is 209 cm³/mol. The van der Waals surface area contributed by atoms with Crippen molar-refractivity contribution in [3.8, 4) is 5.75 Å². The van der Waals surface area contributed by atoms with E-state index in [4.69, 9.17) is 16.3 Å². The van der Waals surface area contributed by atoms with Crippen LogP contribution in [0.2, 0.25) is 5.02 Å². The maximum absolute atomic E-state index is 9.75. The summed E-state index contributed by atoms with van der Waals surface area (Å²) in [4.78, 5) is 7.91. The SMILES string of the molecule is CCCCOc1ccc([S+](c2ccccc2)c2ccccc2)cc1.Clc1ccc([S+](c2ccccc2)c2ccccc2)cc1.F[B-](F)(F)F.F[B-](F)(F)F. The molecule has 0 aliphatic carbocycles. The molecule has 0 spiro atoms. The maximum atomic E-state index is 9.75. The maximum Gasteiger partial charge on any atom is 0.673 e. The van der Waals surface area contributed by atoms with Gasteiger partial charge in [0.2, 0.25) is 0 Å². The van der Waals surface area contributed by atoms with Gasteiger partial charge in [0.05, 0.1) is 28.4 Å². The van der Waals surface area contributed by atoms with E-state index in [9.17, 15) is 34.5 Å². The Morgan fingerprint density at radius 1 is 0.426 bits per heavy atom. The zero-order valence-electron chi connectivity index (χ0n) is 29.1. The van der Waals surface area contributed by atoms with E-state index < -0.39 is 14.5 Å². The van der Waals surface area contributed by atoms with Crippen molar-refractivity contribution in [1.29, 1.82) is 0 Å². The topological polar surface area (TPSA) is 9.23 Å². The number of ether oxygens (including phenoxy) is 1. The number of hydrogen-bond acceptors (Lipinski definition) is 1. The van der Waals surface area contributed by atoms with Gasteiger partial charge in [-0.2, -0.15) is 0 Å². The van der Waals surface area contributed by atoms with Crippen LogP contribution in [-0.2, 0) is 21.8 Å². The molecule has 6 rings (SSSR count). The van der Waals surface area contributed by atoms with Gasteiger partial charge in [-0.25, -0.2) is 0 Å². The summed E-state index contributed by atoms with van der Waals surface area (Å²) in [6, 6.07) is 59.4. The Labute approximate surface area is 322 Å². The van der Waals surface area contributed by atoms with Gasteiger partial charge in [0.1, 0.15) is 5.75 Å². The Hall–Kier alpha value is -4.32. The van der Waals surface area contributed by atoms with Crippen LogP contribution in [0.4, 0.5) is 34.5 Å². The van der Waals surface area contributed by atoms with Crippen molar-refractivity contribution in [1.82, 2.24) is 0 Å². The largest absolute Gasteiger partial charge is 0.673 e. The van der Waals surface area contributed by atoms with E-state index in [0.717, 1.165) is 30.2 Å². The van der Waals surface area contributed by atoms with Crippen LogP contribution in [0.15, 0.2) is 199 Å². The normalized spacial score (nSPS) is 11.0. The molecule has 0 unspecified atom stereocenters. The Kier molecular flexibility index (Phi) is 18.6. The minimum atomic E-state index is -6.00. The van der Waals surface area contributed by atoms with E-state index in [1.54, 1.807) is 0 Å². The van der Waals surface area contributed by atoms with Crippen LogP contribution in [0.25, 0.3) is 0 Å². The second kappa shape index (κ2) is 22.8. The van der Waals surface area contributed by atoms with Gasteiger partial charge >= 0.3 is 14.5 Å². The number of hydrogen-bond donors (Lipinski definition) is 0. The number of benzene rings is 6. The standard InChI is InChI=1S/C22H23OS.C18H14ClS.2BF4/c1-2-3-18-23-19-14-16-22(17-15-19)24(20-10-6-4-7-11-20)21-12-8-5-9-13-21;19-15-11-13-18(14-12-15)20(16-7-3-1-4-8-16)17-9-5-2-6-10-17;2*2-1(3,4)5/h4-17H,2-3,18H2,1H3;1-14H;;/q2*+1;2*-1. The summed E-state index contributed by atoms with van der Waals surface area (Å²) >= 11 is 6.01. The van der Waals surface area contributed by atoms with Gasteiger partial charge in [-0.15, -0.1) is 0 Å². The summed E-state index contributed by atoms with van der Waals surface area (Å²) in [6.07, 6.45) is 2.25. The van der Waals surface area contributed by atoms with E-state index in [1.165, 1.54) is 29.4 Å². The molecule has 0 saturated carbocycles. The van der Waals surface area contributed by atoms with Gasteiger partial charge in [0.25, 0.3) is 0 Å². The Morgan fingerprint density at radius 3 is 0.963 bits per heavy atom. The molecule has 0 heterocycles. The van der Waals surface area contributed by atoms with E-state index >= 15 is 0 Å². The van der Waals surface area contributed by atoms with Crippen LogP contribution >= 0.6 is 11.6 Å². The molecule has 14 heteroatoms. The summed E-state index contributed by atoms with van der Waals surface area (Å²) in [7, 11) is -12.2. The van der Waals surface area contributed by atoms with Gasteiger partial charge in [0, 0.05) is 5.02 Å². The highest BCUT2D eigenvalue weighted by molar-refractivity contribution is 7.97. The molecular formula is C40H37B2ClF8OS2. The molecule has 0 radical (unpaired) electrons. The first kappa shape index (κ1) is 44.1. The van der Waals surface area contributed by atoms with E-state index in [-0.39, 0.29) is 21.8 Å². The lowest BCUT2D eigenvalue weighted by molar-refractivity contribution is 0.309. The molecule has 0 saturated heterocycles. The zero-order valence-corrected chi connectivity index (χ0v) is 31.5. The van der Waals surface area contributed by atoms with Crippen molar-refractivity contribution in [2.75, 3.05) is 6.61 Å². The second-order valence-corrected chi connectivity index (χ2v) is 15.5. The molecule has 6 aromatic rings. The summed E-state index contributed by atoms with van der Waals surface area (Å²) in [5.74, 6) is 0.955. The van der Waals surface area contributed by atoms with E-state index in [1.807, 2.05) is 12.1 Å². The summed E-state index contributed by atoms with van der Waals surface area (Å²) in [5.41, 5.74) is 0. The molecule has 6 aromatic carbocycles. The highest BCUT2D eigenvalue weighted by Crippen LogP contribution is 2.33. The first-order chi connectivity index (χ1) is 25.7. The second-order valence-electron chi connectivity index (χ2n) is 11.0. The third-order valence-corrected chi connectivity index (χ3v) is 11.5. The number of unbranched alkanes of at least 4 members (excludes halogenated alkanes) is 1. The molecule has 0 bridgehead atoms. The van der Waals surface area contributed by atoms with Crippen molar-refractivity contribution < 1.29 is 39.3 Å². The van der Waals surface area contributed by atoms with Crippen LogP contribution in [-0.4, -0.2) is 21.1 Å². The molecule has 0 N–H and O–H groups in total. The smallest absolute Gasteiger partial charge is 0.494 e. The Morgan fingerprint density at radius 2 is 0.685 bits per heavy atom.